The van der Waals surface area contributed by atoms with Gasteiger partial charge in [-0.1, -0.05) is 0 Å². The number of hydrogen-bond acceptors (Lipinski definition) is 1. The highest BCUT2D eigenvalue weighted by atomic mass is 19.1. The summed E-state index contributed by atoms with van der Waals surface area (Å²) in [6.07, 6.45) is -1.49. The van der Waals surface area contributed by atoms with Gasteiger partial charge in [-0.3, -0.25) is 9.18 Å². The third-order valence-electron chi connectivity index (χ3n) is 1.36. The predicted molar refractivity (Wildman–Crippen MR) is 27.1 cm³/mol. The molecule has 0 aromatic carbocycles. The number of halogens is 2. The molecule has 0 saturated carbocycles. The fraction of sp³-hybridized carbons (Fsp3) is 0.800. The number of nitrogens with one attached hydrogen (secondary N) is 1. The van der Waals surface area contributed by atoms with E-state index >= 15 is 0 Å². The van der Waals surface area contributed by atoms with Gasteiger partial charge in [-0.25, -0.2) is 4.39 Å². The summed E-state index contributed by atoms with van der Waals surface area (Å²) in [6, 6.07) is 0. The monoisotopic (exact) mass is 135 g/mol. The zero-order chi connectivity index (χ0) is 6.85. The largest absolute Gasteiger partial charge is 0.326 e. The fourth-order valence-corrected chi connectivity index (χ4v) is 0.805. The van der Waals surface area contributed by atoms with E-state index in [9.17, 15) is 13.6 Å². The van der Waals surface area contributed by atoms with Crippen molar-refractivity contribution in [3.8, 4) is 0 Å². The van der Waals surface area contributed by atoms with Gasteiger partial charge in [0, 0.05) is 12.3 Å². The zero-order valence-corrected chi connectivity index (χ0v) is 4.73. The summed E-state index contributed by atoms with van der Waals surface area (Å²) in [4.78, 5) is 10.3. The molecule has 1 fully saturated rings. The number of carbonyl (C=O) groups is 1. The van der Waals surface area contributed by atoms with Crippen LogP contribution in [0.2, 0.25) is 0 Å². The van der Waals surface area contributed by atoms with Crippen molar-refractivity contribution in [3.63, 3.8) is 0 Å². The lowest BCUT2D eigenvalue weighted by Crippen LogP contribution is -2.24. The molecule has 2 unspecified atom stereocenters. The van der Waals surface area contributed by atoms with Crippen LogP contribution in [0, 0.1) is 5.92 Å². The maximum absolute atomic E-state index is 12.3. The molecule has 1 rings (SSSR count). The van der Waals surface area contributed by atoms with Gasteiger partial charge in [-0.2, -0.15) is 0 Å². The van der Waals surface area contributed by atoms with Crippen LogP contribution in [0.4, 0.5) is 8.78 Å². The van der Waals surface area contributed by atoms with E-state index in [1.165, 1.54) is 0 Å². The number of alkyl halides is 2. The summed E-state index contributed by atoms with van der Waals surface area (Å²) >= 11 is 0. The van der Waals surface area contributed by atoms with Crippen molar-refractivity contribution in [2.45, 2.75) is 12.7 Å². The summed E-state index contributed by atoms with van der Waals surface area (Å²) in [5.41, 5.74) is 0. The maximum Gasteiger partial charge on any atom is 0.222 e. The highest BCUT2D eigenvalue weighted by molar-refractivity contribution is 5.78. The topological polar surface area (TPSA) is 29.1 Å². The molecular formula is C5H7F2NO. The predicted octanol–water partition coefficient (Wildman–Crippen LogP) is 0.388. The average molecular weight is 135 g/mol. The van der Waals surface area contributed by atoms with Crippen LogP contribution in [0.5, 0.6) is 0 Å². The molecule has 0 radical (unpaired) electrons. The molecule has 0 aromatic heterocycles. The normalized spacial score (nSPS) is 34.7. The van der Waals surface area contributed by atoms with Crippen LogP contribution in [0.3, 0.4) is 0 Å². The highest BCUT2D eigenvalue weighted by Crippen LogP contribution is 2.17. The Hall–Kier alpha value is -0.670. The van der Waals surface area contributed by atoms with Crippen LogP contribution in [0.15, 0.2) is 0 Å². The van der Waals surface area contributed by atoms with E-state index in [-0.39, 0.29) is 6.42 Å². The first-order valence-corrected chi connectivity index (χ1v) is 2.73. The standard InChI is InChI=1S/C5H7F2NO/c6-2-3-1-4(9)8-5(3)7/h3,5H,1-2H2,(H,8,9). The lowest BCUT2D eigenvalue weighted by atomic mass is 10.1. The molecule has 1 saturated heterocycles. The Morgan fingerprint density at radius 2 is 2.44 bits per heavy atom. The van der Waals surface area contributed by atoms with Crippen LogP contribution < -0.4 is 5.32 Å². The Morgan fingerprint density at radius 1 is 1.78 bits per heavy atom. The highest BCUT2D eigenvalue weighted by Gasteiger charge is 2.31. The molecule has 1 aliphatic heterocycles. The van der Waals surface area contributed by atoms with Gasteiger partial charge in [-0.15, -0.1) is 0 Å². The summed E-state index contributed by atoms with van der Waals surface area (Å²) in [5.74, 6) is -1.15. The second kappa shape index (κ2) is 2.29. The Labute approximate surface area is 51.2 Å². The third kappa shape index (κ3) is 1.17. The molecule has 1 aliphatic rings. The Balaban J connectivity index is 2.47. The van der Waals surface area contributed by atoms with E-state index in [1.54, 1.807) is 0 Å². The van der Waals surface area contributed by atoms with Gasteiger partial charge in [0.15, 0.2) is 6.30 Å². The smallest absolute Gasteiger partial charge is 0.222 e. The Bertz CT molecular complexity index is 128. The van der Waals surface area contributed by atoms with Gasteiger partial charge in [0.1, 0.15) is 0 Å². The molecule has 1 amide bonds. The van der Waals surface area contributed by atoms with Crippen molar-refractivity contribution in [2.24, 2.45) is 5.92 Å². The van der Waals surface area contributed by atoms with E-state index in [0.717, 1.165) is 0 Å². The second-order valence-electron chi connectivity index (χ2n) is 2.09. The molecule has 0 aromatic rings. The van der Waals surface area contributed by atoms with Crippen LogP contribution >= 0.6 is 0 Å². The summed E-state index contributed by atoms with van der Waals surface area (Å²) in [7, 11) is 0. The van der Waals surface area contributed by atoms with Crippen LogP contribution in [0.1, 0.15) is 6.42 Å². The first-order valence-electron chi connectivity index (χ1n) is 2.73. The van der Waals surface area contributed by atoms with Crippen molar-refractivity contribution < 1.29 is 13.6 Å². The molecule has 2 nitrogen and oxygen atoms in total. The fourth-order valence-electron chi connectivity index (χ4n) is 0.805. The van der Waals surface area contributed by atoms with Gasteiger partial charge in [-0.05, 0) is 0 Å². The Kier molecular flexibility index (Phi) is 1.64. The minimum Gasteiger partial charge on any atom is -0.326 e. The molecule has 1 heterocycles. The third-order valence-corrected chi connectivity index (χ3v) is 1.36. The van der Waals surface area contributed by atoms with E-state index in [4.69, 9.17) is 0 Å². The summed E-state index contributed by atoms with van der Waals surface area (Å²) in [5, 5.41) is 1.97. The lowest BCUT2D eigenvalue weighted by Gasteiger charge is -2.03. The lowest BCUT2D eigenvalue weighted by molar-refractivity contribution is -0.119. The zero-order valence-electron chi connectivity index (χ0n) is 4.73. The molecule has 1 N–H and O–H groups in total. The molecule has 2 atom stereocenters. The van der Waals surface area contributed by atoms with E-state index in [0.29, 0.717) is 0 Å². The van der Waals surface area contributed by atoms with Crippen molar-refractivity contribution in [2.75, 3.05) is 6.67 Å². The number of rotatable bonds is 1. The van der Waals surface area contributed by atoms with Crippen molar-refractivity contribution in [1.82, 2.24) is 5.32 Å². The quantitative estimate of drug-likeness (QED) is 0.517. The Morgan fingerprint density at radius 3 is 2.67 bits per heavy atom. The first-order chi connectivity index (χ1) is 4.24. The van der Waals surface area contributed by atoms with Crippen LogP contribution in [-0.4, -0.2) is 18.9 Å². The SMILES string of the molecule is O=C1CC(CF)C(F)N1. The van der Waals surface area contributed by atoms with Gasteiger partial charge in [0.25, 0.3) is 0 Å². The van der Waals surface area contributed by atoms with Crippen molar-refractivity contribution in [1.29, 1.82) is 0 Å². The number of amides is 1. The first kappa shape index (κ1) is 6.45. The minimum atomic E-state index is -1.47. The van der Waals surface area contributed by atoms with Crippen molar-refractivity contribution >= 4 is 5.91 Å². The molecule has 9 heavy (non-hydrogen) atoms. The average Bonchev–Trinajstić information content (AvgIpc) is 2.10. The molecule has 0 bridgehead atoms. The van der Waals surface area contributed by atoms with Gasteiger partial charge in [0.05, 0.1) is 6.67 Å². The minimum absolute atomic E-state index is 0.0162. The molecular weight excluding hydrogens is 128 g/mol. The van der Waals surface area contributed by atoms with E-state index in [1.807, 2.05) is 5.32 Å². The maximum atomic E-state index is 12.3. The van der Waals surface area contributed by atoms with Gasteiger partial charge in [0.2, 0.25) is 5.91 Å². The molecule has 52 valence electrons. The molecule has 4 heteroatoms. The van der Waals surface area contributed by atoms with Crippen molar-refractivity contribution in [3.05, 3.63) is 0 Å². The van der Waals surface area contributed by atoms with Crippen LogP contribution in [0.25, 0.3) is 0 Å². The van der Waals surface area contributed by atoms with E-state index < -0.39 is 24.8 Å². The van der Waals surface area contributed by atoms with Gasteiger partial charge >= 0.3 is 0 Å². The summed E-state index contributed by atoms with van der Waals surface area (Å²) < 4.78 is 24.0. The van der Waals surface area contributed by atoms with Crippen LogP contribution in [-0.2, 0) is 4.79 Å². The van der Waals surface area contributed by atoms with E-state index in [2.05, 4.69) is 0 Å². The number of hydrogen-bond donors (Lipinski definition) is 1. The molecule has 0 aliphatic carbocycles. The van der Waals surface area contributed by atoms with Gasteiger partial charge < -0.3 is 5.32 Å². The second-order valence-corrected chi connectivity index (χ2v) is 2.09. The molecule has 0 spiro atoms. The number of carbonyl (C=O) groups excluding carboxylic acids is 1. The summed E-state index contributed by atoms with van der Waals surface area (Å²) in [6.45, 7) is -0.764.